The maximum Gasteiger partial charge on any atom is 0.223 e. The molecule has 2 saturated heterocycles. The zero-order chi connectivity index (χ0) is 26.1. The second-order valence-corrected chi connectivity index (χ2v) is 12.5. The van der Waals surface area contributed by atoms with Crippen LogP contribution in [0.3, 0.4) is 0 Å². The molecule has 2 unspecified atom stereocenters. The Morgan fingerprint density at radius 1 is 1.29 bits per heavy atom. The summed E-state index contributed by atoms with van der Waals surface area (Å²) in [7, 11) is 0. The monoisotopic (exact) mass is 526 g/mol. The third-order valence-corrected chi connectivity index (χ3v) is 8.93. The van der Waals surface area contributed by atoms with Crippen LogP contribution in [0.2, 0.25) is 0 Å². The van der Waals surface area contributed by atoms with Gasteiger partial charge in [0.2, 0.25) is 5.91 Å². The predicted octanol–water partition coefficient (Wildman–Crippen LogP) is 4.23. The lowest BCUT2D eigenvalue weighted by Crippen LogP contribution is -2.47. The lowest BCUT2D eigenvalue weighted by Gasteiger charge is -2.34. The minimum atomic E-state index is -1.21. The second kappa shape index (κ2) is 11.0. The van der Waals surface area contributed by atoms with Gasteiger partial charge < -0.3 is 20.3 Å². The quantitative estimate of drug-likeness (QED) is 0.497. The maximum atomic E-state index is 13.2. The number of aliphatic hydroxyl groups is 2. The SMILES string of the molecule is Cc1nc(C=C(Cl)[C@@H]2CC3OC3(C)CCC[C@H](C)[C@H](O)[C@@H](C)C(=O)C(C)(C)[C@@H](O)CC(=O)N2)cs1. The highest BCUT2D eigenvalue weighted by Gasteiger charge is 2.52. The first-order valence-corrected chi connectivity index (χ1v) is 13.7. The number of carbonyl (C=O) groups is 2. The molecule has 0 aliphatic carbocycles. The number of aryl methyl sites for hydroxylation is 1. The van der Waals surface area contributed by atoms with Gasteiger partial charge in [0.25, 0.3) is 0 Å². The number of epoxide rings is 1. The molecule has 2 aliphatic rings. The molecule has 7 atom stereocenters. The Morgan fingerprint density at radius 3 is 2.60 bits per heavy atom. The van der Waals surface area contributed by atoms with Crippen molar-refractivity contribution in [1.29, 1.82) is 0 Å². The van der Waals surface area contributed by atoms with Crippen LogP contribution in [-0.4, -0.2) is 56.8 Å². The molecule has 1 aromatic heterocycles. The smallest absolute Gasteiger partial charge is 0.223 e. The number of halogens is 1. The number of Topliss-reactive ketones (excluding diaryl/α,β-unsaturated/α-hetero) is 1. The fourth-order valence-electron chi connectivity index (χ4n) is 4.98. The van der Waals surface area contributed by atoms with Crippen LogP contribution in [0.25, 0.3) is 6.08 Å². The molecule has 1 aromatic rings. The molecule has 196 valence electrons. The van der Waals surface area contributed by atoms with E-state index in [9.17, 15) is 19.8 Å². The second-order valence-electron chi connectivity index (χ2n) is 11.1. The highest BCUT2D eigenvalue weighted by atomic mass is 35.5. The van der Waals surface area contributed by atoms with Crippen molar-refractivity contribution in [3.05, 3.63) is 21.1 Å². The average molecular weight is 527 g/mol. The van der Waals surface area contributed by atoms with Gasteiger partial charge in [-0.3, -0.25) is 9.59 Å². The van der Waals surface area contributed by atoms with E-state index in [2.05, 4.69) is 17.2 Å². The van der Waals surface area contributed by atoms with Crippen LogP contribution in [0, 0.1) is 24.2 Å². The zero-order valence-electron chi connectivity index (χ0n) is 21.5. The van der Waals surface area contributed by atoms with Crippen LogP contribution >= 0.6 is 22.9 Å². The summed E-state index contributed by atoms with van der Waals surface area (Å²) < 4.78 is 6.04. The number of rotatable bonds is 2. The van der Waals surface area contributed by atoms with Gasteiger partial charge in [-0.2, -0.15) is 0 Å². The van der Waals surface area contributed by atoms with E-state index in [0.717, 1.165) is 30.0 Å². The van der Waals surface area contributed by atoms with Crippen molar-refractivity contribution in [1.82, 2.24) is 10.3 Å². The number of aliphatic hydroxyl groups excluding tert-OH is 2. The predicted molar refractivity (Wildman–Crippen MR) is 138 cm³/mol. The van der Waals surface area contributed by atoms with Gasteiger partial charge in [0.05, 0.1) is 52.5 Å². The van der Waals surface area contributed by atoms with Crippen LogP contribution in [0.5, 0.6) is 0 Å². The standard InChI is InChI=1S/C26H39ClN2O5S/c1-14-8-7-9-26(6)21(34-26)11-19(18(27)10-17-13-35-16(3)28-17)29-22(31)12-20(30)25(4,5)24(33)15(2)23(14)32/h10,13-15,19-21,23,30,32H,7-9,11-12H2,1-6H3,(H,29,31)/t14-,15+,19-,20-,21?,23-,26?/m0/s1. The highest BCUT2D eigenvalue weighted by Crippen LogP contribution is 2.44. The number of nitrogens with zero attached hydrogens (tertiary/aromatic N) is 1. The van der Waals surface area contributed by atoms with Crippen molar-refractivity contribution in [3.63, 3.8) is 0 Å². The Hall–Kier alpha value is -1.32. The van der Waals surface area contributed by atoms with Crippen LogP contribution < -0.4 is 5.32 Å². The largest absolute Gasteiger partial charge is 0.392 e. The van der Waals surface area contributed by atoms with E-state index in [1.54, 1.807) is 26.8 Å². The Kier molecular flexibility index (Phi) is 8.86. The number of aromatic nitrogens is 1. The summed E-state index contributed by atoms with van der Waals surface area (Å²) in [6, 6.07) is -0.503. The lowest BCUT2D eigenvalue weighted by molar-refractivity contribution is -0.143. The summed E-state index contributed by atoms with van der Waals surface area (Å²) in [6.45, 7) is 10.9. The molecule has 1 amide bonds. The lowest BCUT2D eigenvalue weighted by atomic mass is 9.72. The number of ketones is 1. The first kappa shape index (κ1) is 28.3. The summed E-state index contributed by atoms with van der Waals surface area (Å²) in [6.07, 6.45) is 2.32. The molecule has 0 saturated carbocycles. The number of carbonyl (C=O) groups excluding carboxylic acids is 2. The molecule has 0 radical (unpaired) electrons. The topological polar surface area (TPSA) is 112 Å². The Bertz CT molecular complexity index is 963. The maximum absolute atomic E-state index is 13.2. The summed E-state index contributed by atoms with van der Waals surface area (Å²) >= 11 is 8.20. The Morgan fingerprint density at radius 2 is 1.97 bits per heavy atom. The van der Waals surface area contributed by atoms with Gasteiger partial charge in [-0.25, -0.2) is 4.98 Å². The molecule has 3 rings (SSSR count). The summed E-state index contributed by atoms with van der Waals surface area (Å²) in [5.74, 6) is -1.39. The summed E-state index contributed by atoms with van der Waals surface area (Å²) in [5, 5.41) is 27.9. The number of thiazole rings is 1. The third kappa shape index (κ3) is 6.72. The molecule has 35 heavy (non-hydrogen) atoms. The van der Waals surface area contributed by atoms with Gasteiger partial charge in [-0.1, -0.05) is 45.7 Å². The molecule has 3 N–H and O–H groups in total. The van der Waals surface area contributed by atoms with Gasteiger partial charge in [0, 0.05) is 22.8 Å². The molecule has 0 bridgehead atoms. The van der Waals surface area contributed by atoms with Crippen molar-refractivity contribution < 1.29 is 24.5 Å². The molecule has 2 aliphatic heterocycles. The van der Waals surface area contributed by atoms with Gasteiger partial charge in [-0.05, 0) is 38.7 Å². The van der Waals surface area contributed by atoms with Crippen molar-refractivity contribution in [2.45, 2.75) is 104 Å². The van der Waals surface area contributed by atoms with Crippen molar-refractivity contribution in [3.8, 4) is 0 Å². The van der Waals surface area contributed by atoms with Crippen LogP contribution in [0.1, 0.15) is 77.4 Å². The van der Waals surface area contributed by atoms with E-state index >= 15 is 0 Å². The normalized spacial score (nSPS) is 37.5. The first-order valence-electron chi connectivity index (χ1n) is 12.4. The van der Waals surface area contributed by atoms with Crippen molar-refractivity contribution in [2.75, 3.05) is 0 Å². The average Bonchev–Trinajstić information content (AvgIpc) is 3.22. The van der Waals surface area contributed by atoms with Crippen molar-refractivity contribution in [2.24, 2.45) is 17.3 Å². The number of fused-ring (bicyclic) bond motifs is 1. The minimum Gasteiger partial charge on any atom is -0.392 e. The zero-order valence-corrected chi connectivity index (χ0v) is 23.1. The molecule has 0 spiro atoms. The number of amides is 1. The highest BCUT2D eigenvalue weighted by molar-refractivity contribution is 7.09. The molecule has 3 heterocycles. The third-order valence-electron chi connectivity index (χ3n) is 7.76. The summed E-state index contributed by atoms with van der Waals surface area (Å²) in [4.78, 5) is 30.6. The molecule has 0 aromatic carbocycles. The number of nitrogens with one attached hydrogen (secondary N) is 1. The molecule has 7 nitrogen and oxygen atoms in total. The van der Waals surface area contributed by atoms with E-state index < -0.39 is 35.5 Å². The van der Waals surface area contributed by atoms with Crippen LogP contribution in [0.15, 0.2) is 10.4 Å². The van der Waals surface area contributed by atoms with Gasteiger partial charge in [-0.15, -0.1) is 11.3 Å². The number of hydrogen-bond donors (Lipinski definition) is 3. The van der Waals surface area contributed by atoms with E-state index in [0.29, 0.717) is 11.5 Å². The van der Waals surface area contributed by atoms with E-state index in [1.165, 1.54) is 11.3 Å². The number of ether oxygens (including phenoxy) is 1. The minimum absolute atomic E-state index is 0.0675. The summed E-state index contributed by atoms with van der Waals surface area (Å²) in [5.41, 5.74) is -0.784. The fraction of sp³-hybridized carbons (Fsp3) is 0.731. The van der Waals surface area contributed by atoms with Gasteiger partial charge in [0.1, 0.15) is 5.78 Å². The fourth-order valence-corrected chi connectivity index (χ4v) is 5.81. The van der Waals surface area contributed by atoms with E-state index in [4.69, 9.17) is 16.3 Å². The number of hydrogen-bond acceptors (Lipinski definition) is 7. The Balaban J connectivity index is 1.85. The van der Waals surface area contributed by atoms with Crippen LogP contribution in [-0.2, 0) is 14.3 Å². The van der Waals surface area contributed by atoms with Crippen LogP contribution in [0.4, 0.5) is 0 Å². The van der Waals surface area contributed by atoms with Gasteiger partial charge in [0.15, 0.2) is 0 Å². The van der Waals surface area contributed by atoms with Crippen molar-refractivity contribution >= 4 is 40.7 Å². The van der Waals surface area contributed by atoms with E-state index in [-0.39, 0.29) is 29.8 Å². The van der Waals surface area contributed by atoms with E-state index in [1.807, 2.05) is 19.2 Å². The Labute approximate surface area is 217 Å². The molecular weight excluding hydrogens is 488 g/mol. The molecular formula is C26H39ClN2O5S. The van der Waals surface area contributed by atoms with Gasteiger partial charge >= 0.3 is 0 Å². The molecule has 9 heteroatoms. The molecule has 2 fully saturated rings. The first-order chi connectivity index (χ1) is 16.2.